The van der Waals surface area contributed by atoms with Gasteiger partial charge < -0.3 is 9.73 Å². The minimum absolute atomic E-state index is 0.244. The van der Waals surface area contributed by atoms with Crippen LogP contribution in [0.1, 0.15) is 35.3 Å². The molecule has 1 unspecified atom stereocenters. The van der Waals surface area contributed by atoms with Crippen LogP contribution >= 0.6 is 0 Å². The first-order valence-corrected chi connectivity index (χ1v) is 6.38. The number of hydrogen-bond acceptors (Lipinski definition) is 3. The molecule has 2 heterocycles. The molecule has 0 aliphatic heterocycles. The number of hydrogen-bond donors (Lipinski definition) is 1. The summed E-state index contributed by atoms with van der Waals surface area (Å²) in [7, 11) is 0. The molecule has 96 valence electrons. The maximum absolute atomic E-state index is 5.13. The van der Waals surface area contributed by atoms with Crippen LogP contribution in [0.15, 0.2) is 35.3 Å². The zero-order valence-corrected chi connectivity index (χ0v) is 11.2. The van der Waals surface area contributed by atoms with E-state index in [-0.39, 0.29) is 6.04 Å². The number of pyridine rings is 1. The van der Waals surface area contributed by atoms with E-state index in [2.05, 4.69) is 37.1 Å². The standard InChI is InChI=1S/C15H20N2O/c1-4-16-14(8-13-5-6-18-10-13)15-12(3)7-11(2)9-17-15/h5-7,9-10,14,16H,4,8H2,1-3H3. The van der Waals surface area contributed by atoms with E-state index in [0.717, 1.165) is 18.7 Å². The van der Waals surface area contributed by atoms with Crippen LogP contribution in [0.25, 0.3) is 0 Å². The molecule has 2 rings (SSSR count). The van der Waals surface area contributed by atoms with E-state index in [1.54, 1.807) is 12.5 Å². The lowest BCUT2D eigenvalue weighted by molar-refractivity contribution is 0.523. The van der Waals surface area contributed by atoms with E-state index in [9.17, 15) is 0 Å². The van der Waals surface area contributed by atoms with Gasteiger partial charge in [0, 0.05) is 6.20 Å². The molecule has 0 fully saturated rings. The van der Waals surface area contributed by atoms with Gasteiger partial charge in [0.05, 0.1) is 24.3 Å². The van der Waals surface area contributed by atoms with Crippen LogP contribution in [-0.4, -0.2) is 11.5 Å². The third-order valence-corrected chi connectivity index (χ3v) is 3.06. The highest BCUT2D eigenvalue weighted by Gasteiger charge is 2.15. The molecule has 3 heteroatoms. The van der Waals surface area contributed by atoms with E-state index in [4.69, 9.17) is 4.42 Å². The number of nitrogens with zero attached hydrogens (tertiary/aromatic N) is 1. The van der Waals surface area contributed by atoms with Crippen LogP contribution in [0.2, 0.25) is 0 Å². The largest absolute Gasteiger partial charge is 0.472 e. The molecule has 0 radical (unpaired) electrons. The van der Waals surface area contributed by atoms with Gasteiger partial charge in [-0.2, -0.15) is 0 Å². The van der Waals surface area contributed by atoms with Crippen molar-refractivity contribution in [2.45, 2.75) is 33.2 Å². The number of rotatable bonds is 5. The first-order chi connectivity index (χ1) is 8.70. The van der Waals surface area contributed by atoms with Crippen LogP contribution in [0.5, 0.6) is 0 Å². The zero-order chi connectivity index (χ0) is 13.0. The van der Waals surface area contributed by atoms with Gasteiger partial charge in [0.2, 0.25) is 0 Å². The van der Waals surface area contributed by atoms with Crippen molar-refractivity contribution in [3.8, 4) is 0 Å². The zero-order valence-electron chi connectivity index (χ0n) is 11.2. The van der Waals surface area contributed by atoms with Gasteiger partial charge in [-0.15, -0.1) is 0 Å². The lowest BCUT2D eigenvalue weighted by Gasteiger charge is -2.19. The molecule has 0 aliphatic carbocycles. The molecule has 2 aromatic rings. The van der Waals surface area contributed by atoms with E-state index >= 15 is 0 Å². The minimum Gasteiger partial charge on any atom is -0.472 e. The van der Waals surface area contributed by atoms with Crippen molar-refractivity contribution in [3.63, 3.8) is 0 Å². The lowest BCUT2D eigenvalue weighted by atomic mass is 10.0. The number of furan rings is 1. The predicted octanol–water partition coefficient (Wildman–Crippen LogP) is 3.18. The second-order valence-electron chi connectivity index (χ2n) is 4.66. The third-order valence-electron chi connectivity index (χ3n) is 3.06. The average Bonchev–Trinajstić information content (AvgIpc) is 2.81. The smallest absolute Gasteiger partial charge is 0.0935 e. The summed E-state index contributed by atoms with van der Waals surface area (Å²) in [6, 6.07) is 4.43. The summed E-state index contributed by atoms with van der Waals surface area (Å²) in [5.74, 6) is 0. The summed E-state index contributed by atoms with van der Waals surface area (Å²) in [5, 5.41) is 3.49. The second-order valence-corrected chi connectivity index (χ2v) is 4.66. The molecule has 2 aromatic heterocycles. The van der Waals surface area contributed by atoms with Gasteiger partial charge in [0.15, 0.2) is 0 Å². The number of nitrogens with one attached hydrogen (secondary N) is 1. The van der Waals surface area contributed by atoms with Crippen LogP contribution in [0.4, 0.5) is 0 Å². The van der Waals surface area contributed by atoms with Gasteiger partial charge in [0.1, 0.15) is 0 Å². The Morgan fingerprint density at radius 3 is 2.83 bits per heavy atom. The normalized spacial score (nSPS) is 12.6. The molecule has 3 nitrogen and oxygen atoms in total. The van der Waals surface area contributed by atoms with Crippen LogP contribution in [0, 0.1) is 13.8 Å². The summed E-state index contributed by atoms with van der Waals surface area (Å²) >= 11 is 0. The van der Waals surface area contributed by atoms with Gasteiger partial charge in [-0.05, 0) is 49.6 Å². The van der Waals surface area contributed by atoms with Crippen molar-refractivity contribution in [3.05, 3.63) is 53.2 Å². The topological polar surface area (TPSA) is 38.1 Å². The summed E-state index contributed by atoms with van der Waals surface area (Å²) in [6.07, 6.45) is 6.35. The van der Waals surface area contributed by atoms with Crippen molar-refractivity contribution >= 4 is 0 Å². The molecule has 18 heavy (non-hydrogen) atoms. The molecule has 0 saturated heterocycles. The number of aryl methyl sites for hydroxylation is 2. The van der Waals surface area contributed by atoms with Crippen LogP contribution < -0.4 is 5.32 Å². The van der Waals surface area contributed by atoms with Crippen molar-refractivity contribution in [2.75, 3.05) is 6.54 Å². The molecule has 1 N–H and O–H groups in total. The highest BCUT2D eigenvalue weighted by atomic mass is 16.3. The third kappa shape index (κ3) is 2.99. The first-order valence-electron chi connectivity index (χ1n) is 6.38. The molecular weight excluding hydrogens is 224 g/mol. The van der Waals surface area contributed by atoms with Gasteiger partial charge in [-0.1, -0.05) is 13.0 Å². The Morgan fingerprint density at radius 1 is 1.39 bits per heavy atom. The fourth-order valence-electron chi connectivity index (χ4n) is 2.25. The Bertz CT molecular complexity index is 491. The van der Waals surface area contributed by atoms with E-state index in [0.29, 0.717) is 0 Å². The molecule has 0 saturated carbocycles. The van der Waals surface area contributed by atoms with E-state index in [1.165, 1.54) is 16.7 Å². The van der Waals surface area contributed by atoms with Gasteiger partial charge in [-0.25, -0.2) is 0 Å². The highest BCUT2D eigenvalue weighted by Crippen LogP contribution is 2.20. The summed E-state index contributed by atoms with van der Waals surface area (Å²) in [6.45, 7) is 7.24. The fraction of sp³-hybridized carbons (Fsp3) is 0.400. The van der Waals surface area contributed by atoms with Crippen molar-refractivity contribution in [2.24, 2.45) is 0 Å². The monoisotopic (exact) mass is 244 g/mol. The molecular formula is C15H20N2O. The number of aromatic nitrogens is 1. The lowest BCUT2D eigenvalue weighted by Crippen LogP contribution is -2.24. The van der Waals surface area contributed by atoms with Crippen molar-refractivity contribution in [1.82, 2.24) is 10.3 Å². The van der Waals surface area contributed by atoms with E-state index < -0.39 is 0 Å². The number of likely N-dealkylation sites (N-methyl/N-ethyl adjacent to an activating group) is 1. The molecule has 1 atom stereocenters. The molecule has 0 amide bonds. The van der Waals surface area contributed by atoms with Crippen LogP contribution in [0.3, 0.4) is 0 Å². The predicted molar refractivity (Wildman–Crippen MR) is 72.5 cm³/mol. The Morgan fingerprint density at radius 2 is 2.22 bits per heavy atom. The molecule has 0 bridgehead atoms. The first kappa shape index (κ1) is 12.8. The summed E-state index contributed by atoms with van der Waals surface area (Å²) in [5.41, 5.74) is 4.77. The van der Waals surface area contributed by atoms with Crippen molar-refractivity contribution in [1.29, 1.82) is 0 Å². The van der Waals surface area contributed by atoms with Gasteiger partial charge in [-0.3, -0.25) is 4.98 Å². The Balaban J connectivity index is 2.23. The highest BCUT2D eigenvalue weighted by molar-refractivity contribution is 5.27. The Kier molecular flexibility index (Phi) is 4.15. The van der Waals surface area contributed by atoms with Gasteiger partial charge in [0.25, 0.3) is 0 Å². The molecule has 0 spiro atoms. The maximum Gasteiger partial charge on any atom is 0.0935 e. The van der Waals surface area contributed by atoms with Crippen LogP contribution in [-0.2, 0) is 6.42 Å². The second kappa shape index (κ2) is 5.83. The Hall–Kier alpha value is -1.61. The molecule has 0 aliphatic rings. The van der Waals surface area contributed by atoms with Gasteiger partial charge >= 0.3 is 0 Å². The molecule has 0 aromatic carbocycles. The quantitative estimate of drug-likeness (QED) is 0.877. The summed E-state index contributed by atoms with van der Waals surface area (Å²) < 4.78 is 5.13. The van der Waals surface area contributed by atoms with Crippen molar-refractivity contribution < 1.29 is 4.42 Å². The minimum atomic E-state index is 0.244. The van der Waals surface area contributed by atoms with E-state index in [1.807, 2.05) is 12.3 Å². The fourth-order valence-corrected chi connectivity index (χ4v) is 2.25. The average molecular weight is 244 g/mol. The Labute approximate surface area is 108 Å². The maximum atomic E-state index is 5.13. The summed E-state index contributed by atoms with van der Waals surface area (Å²) in [4.78, 5) is 4.58. The SMILES string of the molecule is CCNC(Cc1ccoc1)c1ncc(C)cc1C.